The largest absolute Gasteiger partial charge is 0.330 e. The van der Waals surface area contributed by atoms with E-state index in [-0.39, 0.29) is 17.5 Å². The molecule has 2 aromatic rings. The van der Waals surface area contributed by atoms with Crippen LogP contribution in [0.15, 0.2) is 41.4 Å². The van der Waals surface area contributed by atoms with Gasteiger partial charge in [0, 0.05) is 24.6 Å². The van der Waals surface area contributed by atoms with Crippen molar-refractivity contribution in [1.29, 1.82) is 0 Å². The molecule has 0 aliphatic heterocycles. The standard InChI is InChI=1S/C19H21FN2O3S/c1-3-22(16-8-4-6-13-7-5-11-21-18(13)16)19(23)14-9-10-15(20)17(12-14)26(2,24)25/h5,7,9-12,16H,3-4,6,8H2,1-2H3. The number of fused-ring (bicyclic) bond motifs is 1. The number of sulfone groups is 1. The molecule has 0 radical (unpaired) electrons. The van der Waals surface area contributed by atoms with Crippen molar-refractivity contribution >= 4 is 15.7 Å². The van der Waals surface area contributed by atoms with Crippen LogP contribution < -0.4 is 0 Å². The van der Waals surface area contributed by atoms with Gasteiger partial charge >= 0.3 is 0 Å². The highest BCUT2D eigenvalue weighted by molar-refractivity contribution is 7.90. The van der Waals surface area contributed by atoms with Gasteiger partial charge in [-0.25, -0.2) is 12.8 Å². The summed E-state index contributed by atoms with van der Waals surface area (Å²) in [5, 5.41) is 0. The lowest BCUT2D eigenvalue weighted by Gasteiger charge is -2.34. The van der Waals surface area contributed by atoms with E-state index in [0.29, 0.717) is 6.54 Å². The lowest BCUT2D eigenvalue weighted by atomic mass is 9.90. The Labute approximate surface area is 152 Å². The lowest BCUT2D eigenvalue weighted by Crippen LogP contribution is -2.37. The van der Waals surface area contributed by atoms with Crippen LogP contribution in [0.2, 0.25) is 0 Å². The van der Waals surface area contributed by atoms with Crippen LogP contribution in [0.4, 0.5) is 4.39 Å². The summed E-state index contributed by atoms with van der Waals surface area (Å²) in [4.78, 5) is 18.8. The summed E-state index contributed by atoms with van der Waals surface area (Å²) in [6, 6.07) is 7.23. The van der Waals surface area contributed by atoms with Crippen LogP contribution in [-0.4, -0.2) is 37.0 Å². The predicted octanol–water partition coefficient (Wildman–Crippen LogP) is 3.16. The third-order valence-electron chi connectivity index (χ3n) is 4.72. The van der Waals surface area contributed by atoms with E-state index in [1.807, 2.05) is 19.1 Å². The fraction of sp³-hybridized carbons (Fsp3) is 0.368. The van der Waals surface area contributed by atoms with Crippen LogP contribution in [0.25, 0.3) is 0 Å². The van der Waals surface area contributed by atoms with Crippen molar-refractivity contribution in [1.82, 2.24) is 9.88 Å². The molecule has 5 nitrogen and oxygen atoms in total. The molecule has 0 N–H and O–H groups in total. The van der Waals surface area contributed by atoms with E-state index in [4.69, 9.17) is 0 Å². The van der Waals surface area contributed by atoms with Crippen LogP contribution in [-0.2, 0) is 16.3 Å². The number of hydrogen-bond donors (Lipinski definition) is 0. The number of nitrogens with zero attached hydrogens (tertiary/aromatic N) is 2. The molecule has 26 heavy (non-hydrogen) atoms. The first-order valence-corrected chi connectivity index (χ1v) is 10.5. The summed E-state index contributed by atoms with van der Waals surface area (Å²) in [7, 11) is -3.75. The molecule has 1 aliphatic carbocycles. The van der Waals surface area contributed by atoms with Crippen molar-refractivity contribution in [2.45, 2.75) is 37.1 Å². The molecular weight excluding hydrogens is 355 g/mol. The molecule has 1 heterocycles. The van der Waals surface area contributed by atoms with Crippen molar-refractivity contribution in [2.24, 2.45) is 0 Å². The highest BCUT2D eigenvalue weighted by atomic mass is 32.2. The molecule has 1 unspecified atom stereocenters. The number of hydrogen-bond acceptors (Lipinski definition) is 4. The van der Waals surface area contributed by atoms with Crippen LogP contribution in [0.1, 0.15) is 47.4 Å². The quantitative estimate of drug-likeness (QED) is 0.822. The molecule has 0 fully saturated rings. The molecule has 138 valence electrons. The van der Waals surface area contributed by atoms with Crippen LogP contribution >= 0.6 is 0 Å². The molecule has 0 bridgehead atoms. The Balaban J connectivity index is 1.99. The summed E-state index contributed by atoms with van der Waals surface area (Å²) >= 11 is 0. The Morgan fingerprint density at radius 1 is 1.35 bits per heavy atom. The van der Waals surface area contributed by atoms with Crippen molar-refractivity contribution in [2.75, 3.05) is 12.8 Å². The van der Waals surface area contributed by atoms with Crippen molar-refractivity contribution in [3.8, 4) is 0 Å². The molecule has 3 rings (SSSR count). The molecule has 0 spiro atoms. The Morgan fingerprint density at radius 3 is 2.81 bits per heavy atom. The summed E-state index contributed by atoms with van der Waals surface area (Å²) in [5.41, 5.74) is 2.18. The second-order valence-electron chi connectivity index (χ2n) is 6.46. The minimum atomic E-state index is -3.75. The van der Waals surface area contributed by atoms with E-state index < -0.39 is 20.5 Å². The Bertz CT molecular complexity index is 944. The van der Waals surface area contributed by atoms with Gasteiger partial charge in [-0.3, -0.25) is 9.78 Å². The van der Waals surface area contributed by atoms with Crippen molar-refractivity contribution < 1.29 is 17.6 Å². The summed E-state index contributed by atoms with van der Waals surface area (Å²) < 4.78 is 37.4. The number of pyridine rings is 1. The van der Waals surface area contributed by atoms with Gasteiger partial charge in [0.2, 0.25) is 0 Å². The molecular formula is C19H21FN2O3S. The zero-order valence-corrected chi connectivity index (χ0v) is 15.6. The van der Waals surface area contributed by atoms with E-state index in [2.05, 4.69) is 4.98 Å². The third kappa shape index (κ3) is 3.49. The normalized spacial score (nSPS) is 16.8. The maximum absolute atomic E-state index is 13.8. The van der Waals surface area contributed by atoms with Crippen molar-refractivity contribution in [3.63, 3.8) is 0 Å². The molecule has 1 aliphatic rings. The van der Waals surface area contributed by atoms with Gasteiger partial charge in [-0.1, -0.05) is 6.07 Å². The van der Waals surface area contributed by atoms with Gasteiger partial charge in [-0.05, 0) is 56.0 Å². The first kappa shape index (κ1) is 18.5. The zero-order valence-electron chi connectivity index (χ0n) is 14.8. The number of benzene rings is 1. The van der Waals surface area contributed by atoms with E-state index in [1.54, 1.807) is 11.1 Å². The van der Waals surface area contributed by atoms with Gasteiger partial charge in [0.15, 0.2) is 9.84 Å². The first-order valence-electron chi connectivity index (χ1n) is 8.57. The monoisotopic (exact) mass is 376 g/mol. The van der Waals surface area contributed by atoms with E-state index in [9.17, 15) is 17.6 Å². The van der Waals surface area contributed by atoms with Crippen LogP contribution in [0.5, 0.6) is 0 Å². The molecule has 1 atom stereocenters. The second kappa shape index (κ2) is 7.15. The smallest absolute Gasteiger partial charge is 0.254 e. The minimum Gasteiger partial charge on any atom is -0.330 e. The zero-order chi connectivity index (χ0) is 18.9. The Hall–Kier alpha value is -2.28. The second-order valence-corrected chi connectivity index (χ2v) is 8.45. The average Bonchev–Trinajstić information content (AvgIpc) is 2.62. The summed E-state index contributed by atoms with van der Waals surface area (Å²) in [5.74, 6) is -1.17. The fourth-order valence-corrected chi connectivity index (χ4v) is 4.24. The number of aromatic nitrogens is 1. The Kier molecular flexibility index (Phi) is 5.09. The number of carbonyl (C=O) groups is 1. The first-order chi connectivity index (χ1) is 12.3. The lowest BCUT2D eigenvalue weighted by molar-refractivity contribution is 0.0664. The molecule has 1 aromatic heterocycles. The van der Waals surface area contributed by atoms with Gasteiger partial charge in [0.1, 0.15) is 10.7 Å². The van der Waals surface area contributed by atoms with Gasteiger partial charge in [0.05, 0.1) is 11.7 Å². The van der Waals surface area contributed by atoms with Crippen LogP contribution in [0.3, 0.4) is 0 Å². The van der Waals surface area contributed by atoms with E-state index in [1.165, 1.54) is 6.07 Å². The van der Waals surface area contributed by atoms with Gasteiger partial charge < -0.3 is 4.90 Å². The van der Waals surface area contributed by atoms with Crippen molar-refractivity contribution in [3.05, 3.63) is 59.2 Å². The number of rotatable bonds is 4. The van der Waals surface area contributed by atoms with E-state index >= 15 is 0 Å². The van der Waals surface area contributed by atoms with Gasteiger partial charge in [-0.2, -0.15) is 0 Å². The minimum absolute atomic E-state index is 0.163. The van der Waals surface area contributed by atoms with Gasteiger partial charge in [0.25, 0.3) is 5.91 Å². The predicted molar refractivity (Wildman–Crippen MR) is 96.1 cm³/mol. The third-order valence-corrected chi connectivity index (χ3v) is 5.83. The number of aryl methyl sites for hydroxylation is 1. The molecule has 0 saturated heterocycles. The summed E-state index contributed by atoms with van der Waals surface area (Å²) in [6.07, 6.45) is 5.32. The SMILES string of the molecule is CCN(C(=O)c1ccc(F)c(S(C)(=O)=O)c1)C1CCCc2cccnc21. The topological polar surface area (TPSA) is 67.3 Å². The molecule has 0 saturated carbocycles. The number of carbonyl (C=O) groups excluding carboxylic acids is 1. The highest BCUT2D eigenvalue weighted by Gasteiger charge is 2.30. The highest BCUT2D eigenvalue weighted by Crippen LogP contribution is 2.33. The maximum Gasteiger partial charge on any atom is 0.254 e. The molecule has 1 aromatic carbocycles. The van der Waals surface area contributed by atoms with E-state index in [0.717, 1.165) is 48.9 Å². The number of halogens is 1. The molecule has 1 amide bonds. The Morgan fingerprint density at radius 2 is 2.12 bits per heavy atom. The number of amides is 1. The average molecular weight is 376 g/mol. The molecule has 7 heteroatoms. The maximum atomic E-state index is 13.8. The summed E-state index contributed by atoms with van der Waals surface area (Å²) in [6.45, 7) is 2.32. The van der Waals surface area contributed by atoms with Gasteiger partial charge in [-0.15, -0.1) is 0 Å². The fourth-order valence-electron chi connectivity index (χ4n) is 3.48. The van der Waals surface area contributed by atoms with Crippen LogP contribution in [0, 0.1) is 5.82 Å².